The second-order valence-corrected chi connectivity index (χ2v) is 18.2. The van der Waals surface area contributed by atoms with Gasteiger partial charge >= 0.3 is 0 Å². The third kappa shape index (κ3) is 9.50. The van der Waals surface area contributed by atoms with Gasteiger partial charge in [0, 0.05) is 41.1 Å². The molecule has 51 heavy (non-hydrogen) atoms. The van der Waals surface area contributed by atoms with Gasteiger partial charge in [-0.1, -0.05) is 44.4 Å². The molecule has 0 spiro atoms. The molecule has 282 valence electrons. The molecule has 1 aliphatic carbocycles. The first kappa shape index (κ1) is 38.6. The number of aryl methyl sites for hydroxylation is 1. The summed E-state index contributed by atoms with van der Waals surface area (Å²) < 4.78 is 35.1. The van der Waals surface area contributed by atoms with Gasteiger partial charge in [-0.25, -0.2) is 4.21 Å². The maximum Gasteiger partial charge on any atom is 0.263 e. The molecule has 2 saturated heterocycles. The summed E-state index contributed by atoms with van der Waals surface area (Å²) >= 11 is 6.45. The van der Waals surface area contributed by atoms with Crippen molar-refractivity contribution in [1.82, 2.24) is 10.0 Å². The third-order valence-electron chi connectivity index (χ3n) is 12.1. The number of halogens is 1. The average Bonchev–Trinajstić information content (AvgIpc) is 3.28. The van der Waals surface area contributed by atoms with Crippen molar-refractivity contribution in [2.24, 2.45) is 23.7 Å². The minimum atomic E-state index is -1.49. The summed E-state index contributed by atoms with van der Waals surface area (Å²) in [6.45, 7) is 15.7. The molecular formula is C41H60ClN3O5S. The first-order valence-electron chi connectivity index (χ1n) is 19.5. The zero-order valence-corrected chi connectivity index (χ0v) is 33.0. The number of nitrogens with zero attached hydrogens (tertiary/aromatic N) is 1. The highest BCUT2D eigenvalue weighted by atomic mass is 35.5. The maximum atomic E-state index is 13.4. The molecule has 7 rings (SSSR count). The molecule has 2 N–H and O–H groups in total. The maximum absolute atomic E-state index is 13.4. The second-order valence-electron chi connectivity index (χ2n) is 16.2. The topological polar surface area (TPSA) is 89.1 Å². The number of ether oxygens (including phenoxy) is 3. The van der Waals surface area contributed by atoms with Crippen molar-refractivity contribution in [2.75, 3.05) is 44.4 Å². The van der Waals surface area contributed by atoms with Crippen LogP contribution in [0.1, 0.15) is 113 Å². The van der Waals surface area contributed by atoms with Crippen molar-refractivity contribution in [1.29, 1.82) is 0 Å². The van der Waals surface area contributed by atoms with Crippen LogP contribution in [0.4, 0.5) is 5.69 Å². The van der Waals surface area contributed by atoms with E-state index in [4.69, 9.17) is 25.8 Å². The predicted octanol–water partition coefficient (Wildman–Crippen LogP) is 8.04. The van der Waals surface area contributed by atoms with Crippen molar-refractivity contribution >= 4 is 34.2 Å². The minimum absolute atomic E-state index is 0.147. The van der Waals surface area contributed by atoms with Gasteiger partial charge in [0.25, 0.3) is 5.91 Å². The summed E-state index contributed by atoms with van der Waals surface area (Å²) in [5, 5.41) is 3.89. The Morgan fingerprint density at radius 1 is 0.980 bits per heavy atom. The number of amides is 1. The van der Waals surface area contributed by atoms with E-state index in [9.17, 15) is 9.00 Å². The van der Waals surface area contributed by atoms with Gasteiger partial charge in [-0.3, -0.25) is 9.52 Å². The number of hydrogen-bond donors (Lipinski definition) is 2. The number of hydrogen-bond acceptors (Lipinski definition) is 7. The molecule has 10 heteroatoms. The van der Waals surface area contributed by atoms with Gasteiger partial charge in [-0.2, -0.15) is 0 Å². The molecule has 0 aromatic heterocycles. The van der Waals surface area contributed by atoms with Crippen molar-refractivity contribution in [3.05, 3.63) is 58.1 Å². The normalized spacial score (nSPS) is 31.3. The molecule has 1 amide bonds. The van der Waals surface area contributed by atoms with Crippen LogP contribution in [0, 0.1) is 23.7 Å². The number of rotatable bonds is 4. The lowest BCUT2D eigenvalue weighted by Crippen LogP contribution is -2.51. The quantitative estimate of drug-likeness (QED) is 0.328. The van der Waals surface area contributed by atoms with Crippen LogP contribution >= 0.6 is 11.6 Å². The highest BCUT2D eigenvalue weighted by molar-refractivity contribution is 7.84. The molecule has 7 unspecified atom stereocenters. The highest BCUT2D eigenvalue weighted by Crippen LogP contribution is 2.47. The number of fused-ring (bicyclic) bond motifs is 2. The van der Waals surface area contributed by atoms with Gasteiger partial charge in [-0.15, -0.1) is 0 Å². The van der Waals surface area contributed by atoms with E-state index in [-0.39, 0.29) is 29.3 Å². The van der Waals surface area contributed by atoms with E-state index in [1.165, 1.54) is 36.9 Å². The Morgan fingerprint density at radius 2 is 1.75 bits per heavy atom. The number of carbonyl (C=O) groups excluding carboxylic acids is 1. The fourth-order valence-electron chi connectivity index (χ4n) is 8.42. The van der Waals surface area contributed by atoms with E-state index in [1.807, 2.05) is 25.1 Å². The molecule has 0 radical (unpaired) electrons. The summed E-state index contributed by atoms with van der Waals surface area (Å²) in [4.78, 5) is 15.9. The Balaban J connectivity index is 0.000000677. The van der Waals surface area contributed by atoms with E-state index in [2.05, 4.69) is 54.8 Å². The van der Waals surface area contributed by atoms with Gasteiger partial charge < -0.3 is 24.4 Å². The van der Waals surface area contributed by atoms with Crippen LogP contribution in [-0.2, 0) is 26.9 Å². The summed E-state index contributed by atoms with van der Waals surface area (Å²) in [7, 11) is -1.49. The predicted molar refractivity (Wildman–Crippen MR) is 207 cm³/mol. The Morgan fingerprint density at radius 3 is 2.41 bits per heavy atom. The van der Waals surface area contributed by atoms with Crippen LogP contribution in [0.5, 0.6) is 5.75 Å². The first-order chi connectivity index (χ1) is 24.5. The summed E-state index contributed by atoms with van der Waals surface area (Å²) in [5.41, 5.74) is 4.47. The second kappa shape index (κ2) is 17.3. The molecule has 4 heterocycles. The van der Waals surface area contributed by atoms with Crippen molar-refractivity contribution < 1.29 is 23.2 Å². The SMILES string of the molecule is CC1(C)CCN1.CCCc1cc(Cl)ccc1C1COc2ccc3cc2N(C1)CC1CCC1C(C1OCCCO1)CCCC(C)C(C)S(=O)NC3=O. The Bertz CT molecular complexity index is 1510. The number of nitrogens with one attached hydrogen (secondary N) is 2. The largest absolute Gasteiger partial charge is 0.491 e. The lowest BCUT2D eigenvalue weighted by Gasteiger charge is -2.47. The molecular weight excluding hydrogens is 682 g/mol. The van der Waals surface area contributed by atoms with E-state index >= 15 is 0 Å². The molecule has 3 fully saturated rings. The average molecular weight is 742 g/mol. The molecule has 2 bridgehead atoms. The Kier molecular flexibility index (Phi) is 13.1. The monoisotopic (exact) mass is 741 g/mol. The number of benzene rings is 2. The van der Waals surface area contributed by atoms with Crippen molar-refractivity contribution in [3.8, 4) is 5.75 Å². The fourth-order valence-corrected chi connectivity index (χ4v) is 9.66. The van der Waals surface area contributed by atoms with Gasteiger partial charge in [0.15, 0.2) is 6.29 Å². The zero-order chi connectivity index (χ0) is 36.1. The summed E-state index contributed by atoms with van der Waals surface area (Å²) in [6.07, 6.45) is 9.48. The molecule has 1 saturated carbocycles. The van der Waals surface area contributed by atoms with E-state index in [0.717, 1.165) is 81.3 Å². The lowest BCUT2D eigenvalue weighted by molar-refractivity contribution is -0.224. The van der Waals surface area contributed by atoms with E-state index in [1.54, 1.807) is 6.07 Å². The first-order valence-corrected chi connectivity index (χ1v) is 21.1. The van der Waals surface area contributed by atoms with Crippen LogP contribution in [0.3, 0.4) is 0 Å². The fraction of sp³-hybridized carbons (Fsp3) is 0.683. The van der Waals surface area contributed by atoms with Crippen molar-refractivity contribution in [3.63, 3.8) is 0 Å². The standard InChI is InChI=1S/C36H49ClN2O5S.C5H11N/c1-4-7-25-18-29(37)12-14-30(25)28-21-39-20-27-10-13-31(27)32(36-42-16-6-17-43-36)9-5-8-23(2)24(3)45(41)38-35(40)26-11-15-34(44-22-28)33(39)19-26;1-5(2)3-4-6-5/h11-12,14-15,18-19,23-24,27-28,31-32,36H,4-10,13,16-17,20-22H2,1-3H3,(H,38,40);6H,3-4H2,1-2H3. The van der Waals surface area contributed by atoms with Crippen LogP contribution in [-0.4, -0.2) is 66.6 Å². The molecule has 2 aromatic rings. The minimum Gasteiger partial charge on any atom is -0.491 e. The van der Waals surface area contributed by atoms with Gasteiger partial charge in [-0.05, 0) is 131 Å². The lowest BCUT2D eigenvalue weighted by atomic mass is 9.65. The third-order valence-corrected chi connectivity index (χ3v) is 13.8. The van der Waals surface area contributed by atoms with Crippen LogP contribution in [0.15, 0.2) is 36.4 Å². The van der Waals surface area contributed by atoms with Gasteiger partial charge in [0.2, 0.25) is 0 Å². The van der Waals surface area contributed by atoms with Crippen molar-refractivity contribution in [2.45, 2.75) is 115 Å². The summed E-state index contributed by atoms with van der Waals surface area (Å²) in [5.74, 6) is 2.17. The van der Waals surface area contributed by atoms with Gasteiger partial charge in [0.1, 0.15) is 16.7 Å². The summed E-state index contributed by atoms with van der Waals surface area (Å²) in [6, 6.07) is 11.9. The zero-order valence-electron chi connectivity index (χ0n) is 31.4. The molecule has 4 aliphatic heterocycles. The number of anilines is 1. The highest BCUT2D eigenvalue weighted by Gasteiger charge is 2.43. The Hall–Kier alpha value is -2.17. The van der Waals surface area contributed by atoms with Crippen LogP contribution in [0.25, 0.3) is 0 Å². The molecule has 2 aromatic carbocycles. The van der Waals surface area contributed by atoms with Crippen LogP contribution < -0.4 is 19.7 Å². The molecule has 5 aliphatic rings. The van der Waals surface area contributed by atoms with Crippen LogP contribution in [0.2, 0.25) is 5.02 Å². The van der Waals surface area contributed by atoms with E-state index < -0.39 is 11.0 Å². The Labute approximate surface area is 313 Å². The molecule has 8 nitrogen and oxygen atoms in total. The molecule has 7 atom stereocenters. The number of carbonyl (C=O) groups is 1. The van der Waals surface area contributed by atoms with E-state index in [0.29, 0.717) is 35.5 Å². The van der Waals surface area contributed by atoms with Gasteiger partial charge in [0.05, 0.1) is 30.8 Å². The smallest absolute Gasteiger partial charge is 0.263 e.